The normalized spacial score (nSPS) is 11.2. The molecule has 0 N–H and O–H groups in total. The van der Waals surface area contributed by atoms with Gasteiger partial charge in [-0.25, -0.2) is 0 Å². The summed E-state index contributed by atoms with van der Waals surface area (Å²) in [6, 6.07) is 2.24. The maximum absolute atomic E-state index is 2.31. The summed E-state index contributed by atoms with van der Waals surface area (Å²) in [5, 5.41) is 2.20. The summed E-state index contributed by atoms with van der Waals surface area (Å²) in [4.78, 5) is 1.36. The van der Waals surface area contributed by atoms with Gasteiger partial charge >= 0.3 is 0 Å². The summed E-state index contributed by atoms with van der Waals surface area (Å²) in [6.07, 6.45) is 0. The molecule has 0 bridgehead atoms. The first kappa shape index (κ1) is 6.92. The van der Waals surface area contributed by atoms with Crippen LogP contribution in [0.4, 0.5) is 0 Å². The van der Waals surface area contributed by atoms with Gasteiger partial charge in [-0.15, -0.1) is 11.3 Å². The van der Waals surface area contributed by atoms with Crippen LogP contribution < -0.4 is 0 Å². The molecular formula is C9H11NS. The molecule has 11 heavy (non-hydrogen) atoms. The average molecular weight is 165 g/mol. The predicted molar refractivity (Wildman–Crippen MR) is 49.5 cm³/mol. The first-order valence-electron chi connectivity index (χ1n) is 3.73. The largest absolute Gasteiger partial charge is 0.309 e. The lowest BCUT2D eigenvalue weighted by atomic mass is 10.3. The van der Waals surface area contributed by atoms with Gasteiger partial charge in [-0.1, -0.05) is 0 Å². The van der Waals surface area contributed by atoms with E-state index in [1.54, 1.807) is 0 Å². The van der Waals surface area contributed by atoms with Gasteiger partial charge in [0.05, 0.1) is 4.83 Å². The lowest BCUT2D eigenvalue weighted by Gasteiger charge is -1.94. The molecule has 0 saturated carbocycles. The van der Waals surface area contributed by atoms with Crippen LogP contribution in [0.15, 0.2) is 11.4 Å². The topological polar surface area (TPSA) is 4.41 Å². The monoisotopic (exact) mass is 165 g/mol. The van der Waals surface area contributed by atoms with Crippen LogP contribution in [0.2, 0.25) is 0 Å². The summed E-state index contributed by atoms with van der Waals surface area (Å²) in [5.74, 6) is 0. The fourth-order valence-corrected chi connectivity index (χ4v) is 2.45. The summed E-state index contributed by atoms with van der Waals surface area (Å²) >= 11 is 1.81. The number of hydrogen-bond acceptors (Lipinski definition) is 1. The molecular weight excluding hydrogens is 154 g/mol. The Morgan fingerprint density at radius 3 is 2.64 bits per heavy atom. The van der Waals surface area contributed by atoms with Gasteiger partial charge in [0.1, 0.15) is 0 Å². The van der Waals surface area contributed by atoms with E-state index in [1.807, 2.05) is 11.3 Å². The zero-order chi connectivity index (χ0) is 8.01. The van der Waals surface area contributed by atoms with E-state index < -0.39 is 0 Å². The highest BCUT2D eigenvalue weighted by Crippen LogP contribution is 2.22. The highest BCUT2D eigenvalue weighted by Gasteiger charge is 2.04. The van der Waals surface area contributed by atoms with Gasteiger partial charge in [0, 0.05) is 16.8 Å². The number of aromatic nitrogens is 1. The highest BCUT2D eigenvalue weighted by atomic mass is 32.1. The van der Waals surface area contributed by atoms with E-state index in [2.05, 4.69) is 36.6 Å². The Balaban J connectivity index is 2.95. The molecule has 0 aromatic carbocycles. The molecule has 0 spiro atoms. The maximum Gasteiger partial charge on any atom is 0.0998 e. The molecule has 0 aliphatic carbocycles. The molecule has 2 aromatic rings. The Kier molecular flexibility index (Phi) is 1.33. The minimum Gasteiger partial charge on any atom is -0.309 e. The average Bonchev–Trinajstić information content (AvgIpc) is 2.41. The van der Waals surface area contributed by atoms with Crippen molar-refractivity contribution >= 4 is 16.2 Å². The molecule has 2 aromatic heterocycles. The Bertz CT molecular complexity index is 395. The number of rotatable bonds is 0. The van der Waals surface area contributed by atoms with Crippen molar-refractivity contribution in [2.45, 2.75) is 20.8 Å². The van der Waals surface area contributed by atoms with Crippen LogP contribution in [0.25, 0.3) is 4.83 Å². The minimum absolute atomic E-state index is 1.34. The van der Waals surface area contributed by atoms with Gasteiger partial charge in [-0.3, -0.25) is 0 Å². The molecule has 2 heterocycles. The standard InChI is InChI=1S/C9H11NS/c1-6-4-9-10(8(6)3)7(2)5-11-9/h4-5H,1-3H3. The van der Waals surface area contributed by atoms with Crippen LogP contribution in [0, 0.1) is 20.8 Å². The molecule has 0 amide bonds. The van der Waals surface area contributed by atoms with Gasteiger partial charge in [0.25, 0.3) is 0 Å². The Morgan fingerprint density at radius 1 is 1.27 bits per heavy atom. The summed E-state index contributed by atoms with van der Waals surface area (Å²) in [6.45, 7) is 6.48. The zero-order valence-electron chi connectivity index (χ0n) is 7.01. The van der Waals surface area contributed by atoms with E-state index in [0.29, 0.717) is 0 Å². The third-order valence-electron chi connectivity index (χ3n) is 2.17. The first-order valence-corrected chi connectivity index (χ1v) is 4.61. The predicted octanol–water partition coefficient (Wildman–Crippen LogP) is 2.93. The highest BCUT2D eigenvalue weighted by molar-refractivity contribution is 7.15. The lowest BCUT2D eigenvalue weighted by Crippen LogP contribution is -1.86. The van der Waals surface area contributed by atoms with Crippen molar-refractivity contribution in [1.29, 1.82) is 0 Å². The van der Waals surface area contributed by atoms with E-state index in [-0.39, 0.29) is 0 Å². The summed E-state index contributed by atoms with van der Waals surface area (Å²) in [7, 11) is 0. The van der Waals surface area contributed by atoms with Crippen molar-refractivity contribution in [2.75, 3.05) is 0 Å². The van der Waals surface area contributed by atoms with E-state index in [4.69, 9.17) is 0 Å². The molecule has 1 nitrogen and oxygen atoms in total. The second kappa shape index (κ2) is 2.11. The van der Waals surface area contributed by atoms with Gasteiger partial charge < -0.3 is 4.40 Å². The molecule has 0 aliphatic heterocycles. The number of hydrogen-bond donors (Lipinski definition) is 0. The van der Waals surface area contributed by atoms with Gasteiger partial charge in [-0.05, 0) is 32.4 Å². The molecule has 58 valence electrons. The lowest BCUT2D eigenvalue weighted by molar-refractivity contribution is 1.05. The first-order chi connectivity index (χ1) is 5.20. The van der Waals surface area contributed by atoms with Crippen molar-refractivity contribution in [3.05, 3.63) is 28.4 Å². The van der Waals surface area contributed by atoms with Gasteiger partial charge in [0.2, 0.25) is 0 Å². The van der Waals surface area contributed by atoms with Crippen LogP contribution in [0.5, 0.6) is 0 Å². The molecule has 0 saturated heterocycles. The fourth-order valence-electron chi connectivity index (χ4n) is 1.42. The third-order valence-corrected chi connectivity index (χ3v) is 3.17. The van der Waals surface area contributed by atoms with Gasteiger partial charge in [0.15, 0.2) is 0 Å². The SMILES string of the molecule is Cc1cc2scc(C)n2c1C. The zero-order valence-corrected chi connectivity index (χ0v) is 7.83. The molecule has 0 atom stereocenters. The summed E-state index contributed by atoms with van der Waals surface area (Å²) < 4.78 is 2.31. The minimum atomic E-state index is 1.34. The van der Waals surface area contributed by atoms with Crippen LogP contribution in [-0.2, 0) is 0 Å². The van der Waals surface area contributed by atoms with Gasteiger partial charge in [-0.2, -0.15) is 0 Å². The fraction of sp³-hybridized carbons (Fsp3) is 0.333. The Labute approximate surface area is 70.3 Å². The Morgan fingerprint density at radius 2 is 2.00 bits per heavy atom. The molecule has 0 radical (unpaired) electrons. The van der Waals surface area contributed by atoms with Crippen LogP contribution >= 0.6 is 11.3 Å². The second-order valence-corrected chi connectivity index (χ2v) is 3.85. The third kappa shape index (κ3) is 0.824. The second-order valence-electron chi connectivity index (χ2n) is 2.96. The Hall–Kier alpha value is -0.760. The number of thiazole rings is 1. The van der Waals surface area contributed by atoms with E-state index >= 15 is 0 Å². The van der Waals surface area contributed by atoms with Crippen LogP contribution in [0.3, 0.4) is 0 Å². The molecule has 0 fully saturated rings. The summed E-state index contributed by atoms with van der Waals surface area (Å²) in [5.41, 5.74) is 4.11. The van der Waals surface area contributed by atoms with E-state index in [1.165, 1.54) is 21.8 Å². The quantitative estimate of drug-likeness (QED) is 0.565. The van der Waals surface area contributed by atoms with Crippen molar-refractivity contribution in [1.82, 2.24) is 4.40 Å². The number of nitrogens with zero attached hydrogens (tertiary/aromatic N) is 1. The molecule has 0 aliphatic rings. The molecule has 2 heteroatoms. The molecule has 0 unspecified atom stereocenters. The van der Waals surface area contributed by atoms with Crippen LogP contribution in [-0.4, -0.2) is 4.40 Å². The van der Waals surface area contributed by atoms with Crippen molar-refractivity contribution in [2.24, 2.45) is 0 Å². The molecule has 2 rings (SSSR count). The maximum atomic E-state index is 2.31. The van der Waals surface area contributed by atoms with Crippen molar-refractivity contribution < 1.29 is 0 Å². The number of aryl methyl sites for hydroxylation is 3. The van der Waals surface area contributed by atoms with Crippen LogP contribution in [0.1, 0.15) is 17.0 Å². The van der Waals surface area contributed by atoms with Crippen molar-refractivity contribution in [3.63, 3.8) is 0 Å². The van der Waals surface area contributed by atoms with E-state index in [0.717, 1.165) is 0 Å². The van der Waals surface area contributed by atoms with Crippen molar-refractivity contribution in [3.8, 4) is 0 Å². The number of fused-ring (bicyclic) bond motifs is 1. The van der Waals surface area contributed by atoms with E-state index in [9.17, 15) is 0 Å². The smallest absolute Gasteiger partial charge is 0.0998 e.